The second-order valence-corrected chi connectivity index (χ2v) is 4.85. The Balaban J connectivity index is 2.03. The maximum Gasteiger partial charge on any atom is 0.299 e. The molecule has 0 spiro atoms. The van der Waals surface area contributed by atoms with Crippen molar-refractivity contribution in [3.8, 4) is 0 Å². The fourth-order valence-electron chi connectivity index (χ4n) is 2.09. The van der Waals surface area contributed by atoms with E-state index in [2.05, 4.69) is 5.16 Å². The summed E-state index contributed by atoms with van der Waals surface area (Å²) in [6, 6.07) is 3.88. The van der Waals surface area contributed by atoms with Crippen LogP contribution in [0.1, 0.15) is 21.8 Å². The van der Waals surface area contributed by atoms with Crippen LogP contribution >= 0.6 is 11.6 Å². The average molecular weight is 295 g/mol. The van der Waals surface area contributed by atoms with Gasteiger partial charge in [-0.25, -0.2) is 4.39 Å². The van der Waals surface area contributed by atoms with E-state index in [1.807, 2.05) is 0 Å². The Morgan fingerprint density at radius 1 is 1.35 bits per heavy atom. The number of hydrogen-bond donors (Lipinski definition) is 0. The largest absolute Gasteiger partial charge is 0.359 e. The summed E-state index contributed by atoms with van der Waals surface area (Å²) in [5.74, 6) is -1.73. The number of Topliss-reactive ketones (excluding diaryl/α,β-unsaturated/α-hetero) is 1. The molecule has 0 bridgehead atoms. The van der Waals surface area contributed by atoms with Gasteiger partial charge in [0.15, 0.2) is 5.76 Å². The molecule has 1 aromatic heterocycles. The van der Waals surface area contributed by atoms with Crippen LogP contribution in [0.4, 0.5) is 10.1 Å². The molecule has 2 heterocycles. The molecule has 0 fully saturated rings. The van der Waals surface area contributed by atoms with Gasteiger partial charge in [0, 0.05) is 6.07 Å². The van der Waals surface area contributed by atoms with Gasteiger partial charge in [0.2, 0.25) is 0 Å². The van der Waals surface area contributed by atoms with Gasteiger partial charge in [-0.2, -0.15) is 0 Å². The summed E-state index contributed by atoms with van der Waals surface area (Å²) in [6.45, 7) is 1.75. The number of rotatable bonds is 2. The quantitative estimate of drug-likeness (QED) is 0.798. The summed E-state index contributed by atoms with van der Waals surface area (Å²) in [5, 5.41) is 3.50. The number of ketones is 1. The SMILES string of the molecule is Cc1cc(CN2C(=O)C(=O)c3cc(Cl)c(F)cc32)on1. The van der Waals surface area contributed by atoms with Crippen LogP contribution in [0.3, 0.4) is 0 Å². The molecule has 0 saturated carbocycles. The van der Waals surface area contributed by atoms with Crippen LogP contribution in [0.5, 0.6) is 0 Å². The van der Waals surface area contributed by atoms with E-state index in [1.165, 1.54) is 0 Å². The molecule has 1 aliphatic rings. The Labute approximate surface area is 117 Å². The van der Waals surface area contributed by atoms with Gasteiger partial charge in [-0.3, -0.25) is 14.5 Å². The number of carbonyl (C=O) groups is 2. The van der Waals surface area contributed by atoms with Crippen LogP contribution in [0.2, 0.25) is 5.02 Å². The summed E-state index contributed by atoms with van der Waals surface area (Å²) >= 11 is 5.63. The van der Waals surface area contributed by atoms with Crippen LogP contribution in [0, 0.1) is 12.7 Å². The van der Waals surface area contributed by atoms with E-state index < -0.39 is 17.5 Å². The molecule has 0 unspecified atom stereocenters. The Morgan fingerprint density at radius 2 is 2.10 bits per heavy atom. The Hall–Kier alpha value is -2.21. The van der Waals surface area contributed by atoms with E-state index in [1.54, 1.807) is 13.0 Å². The number of aryl methyl sites for hydroxylation is 1. The van der Waals surface area contributed by atoms with E-state index in [4.69, 9.17) is 16.1 Å². The van der Waals surface area contributed by atoms with Crippen molar-refractivity contribution in [2.45, 2.75) is 13.5 Å². The minimum Gasteiger partial charge on any atom is -0.359 e. The highest BCUT2D eigenvalue weighted by atomic mass is 35.5. The maximum atomic E-state index is 13.5. The number of aromatic nitrogens is 1. The van der Waals surface area contributed by atoms with Crippen LogP contribution in [-0.4, -0.2) is 16.8 Å². The van der Waals surface area contributed by atoms with E-state index in [-0.39, 0.29) is 22.8 Å². The molecule has 1 amide bonds. The number of amides is 1. The van der Waals surface area contributed by atoms with Gasteiger partial charge in [0.05, 0.1) is 28.5 Å². The topological polar surface area (TPSA) is 63.4 Å². The summed E-state index contributed by atoms with van der Waals surface area (Å²) in [7, 11) is 0. The second-order valence-electron chi connectivity index (χ2n) is 4.44. The normalized spacial score (nSPS) is 14.1. The maximum absolute atomic E-state index is 13.5. The molecule has 0 radical (unpaired) electrons. The third-order valence-electron chi connectivity index (χ3n) is 3.00. The molecule has 102 valence electrons. The second kappa shape index (κ2) is 4.42. The highest BCUT2D eigenvalue weighted by molar-refractivity contribution is 6.52. The third-order valence-corrected chi connectivity index (χ3v) is 3.29. The summed E-state index contributed by atoms with van der Waals surface area (Å²) < 4.78 is 18.5. The number of fused-ring (bicyclic) bond motifs is 1. The van der Waals surface area contributed by atoms with Crippen molar-refractivity contribution in [3.05, 3.63) is 46.1 Å². The first kappa shape index (κ1) is 12.8. The third kappa shape index (κ3) is 1.89. The number of carbonyl (C=O) groups excluding carboxylic acids is 2. The summed E-state index contributed by atoms with van der Waals surface area (Å²) in [4.78, 5) is 24.9. The molecule has 0 N–H and O–H groups in total. The molecular formula is C13H8ClFN2O3. The first-order chi connectivity index (χ1) is 9.47. The lowest BCUT2D eigenvalue weighted by molar-refractivity contribution is -0.114. The fourth-order valence-corrected chi connectivity index (χ4v) is 2.26. The number of hydrogen-bond acceptors (Lipinski definition) is 4. The van der Waals surface area contributed by atoms with E-state index >= 15 is 0 Å². The van der Waals surface area contributed by atoms with Crippen molar-refractivity contribution >= 4 is 29.0 Å². The predicted molar refractivity (Wildman–Crippen MR) is 68.2 cm³/mol. The lowest BCUT2D eigenvalue weighted by Crippen LogP contribution is -2.28. The van der Waals surface area contributed by atoms with Gasteiger partial charge in [0.25, 0.3) is 11.7 Å². The molecule has 3 rings (SSSR count). The Bertz CT molecular complexity index is 741. The molecule has 0 aliphatic carbocycles. The van der Waals surface area contributed by atoms with Gasteiger partial charge in [-0.15, -0.1) is 0 Å². The molecular weight excluding hydrogens is 287 g/mol. The van der Waals surface area contributed by atoms with E-state index in [0.29, 0.717) is 11.5 Å². The van der Waals surface area contributed by atoms with Crippen molar-refractivity contribution in [3.63, 3.8) is 0 Å². The van der Waals surface area contributed by atoms with Gasteiger partial charge in [-0.1, -0.05) is 16.8 Å². The van der Waals surface area contributed by atoms with Crippen molar-refractivity contribution in [1.82, 2.24) is 5.16 Å². The van der Waals surface area contributed by atoms with E-state index in [0.717, 1.165) is 17.0 Å². The van der Waals surface area contributed by atoms with Crippen molar-refractivity contribution in [2.24, 2.45) is 0 Å². The lowest BCUT2D eigenvalue weighted by atomic mass is 10.1. The zero-order chi connectivity index (χ0) is 14.4. The van der Waals surface area contributed by atoms with Crippen LogP contribution < -0.4 is 4.90 Å². The smallest absolute Gasteiger partial charge is 0.299 e. The highest BCUT2D eigenvalue weighted by Crippen LogP contribution is 2.34. The Morgan fingerprint density at radius 3 is 2.75 bits per heavy atom. The molecule has 2 aromatic rings. The molecule has 0 atom stereocenters. The summed E-state index contributed by atoms with van der Waals surface area (Å²) in [5.41, 5.74) is 0.939. The van der Waals surface area contributed by atoms with Gasteiger partial charge in [-0.05, 0) is 19.1 Å². The molecule has 5 nitrogen and oxygen atoms in total. The highest BCUT2D eigenvalue weighted by Gasteiger charge is 2.37. The van der Waals surface area contributed by atoms with Crippen molar-refractivity contribution in [1.29, 1.82) is 0 Å². The standard InChI is InChI=1S/C13H8ClFN2O3/c1-6-2-7(20-16-6)5-17-11-4-10(15)9(14)3-8(11)12(18)13(17)19/h2-4H,5H2,1H3. The van der Waals surface area contributed by atoms with Crippen molar-refractivity contribution in [2.75, 3.05) is 4.90 Å². The van der Waals surface area contributed by atoms with E-state index in [9.17, 15) is 14.0 Å². The molecule has 1 aromatic carbocycles. The fraction of sp³-hybridized carbons (Fsp3) is 0.154. The van der Waals surface area contributed by atoms with Crippen LogP contribution in [0.15, 0.2) is 22.7 Å². The molecule has 1 aliphatic heterocycles. The average Bonchev–Trinajstić information content (AvgIpc) is 2.90. The minimum absolute atomic E-state index is 0.0134. The monoisotopic (exact) mass is 294 g/mol. The predicted octanol–water partition coefficient (Wildman–Crippen LogP) is 2.51. The number of anilines is 1. The molecule has 0 saturated heterocycles. The molecule has 20 heavy (non-hydrogen) atoms. The van der Waals surface area contributed by atoms with Gasteiger partial charge in [0.1, 0.15) is 5.82 Å². The zero-order valence-electron chi connectivity index (χ0n) is 10.3. The first-order valence-electron chi connectivity index (χ1n) is 5.75. The van der Waals surface area contributed by atoms with Crippen LogP contribution in [-0.2, 0) is 11.3 Å². The number of nitrogens with zero attached hydrogens (tertiary/aromatic N) is 2. The van der Waals surface area contributed by atoms with Crippen LogP contribution in [0.25, 0.3) is 0 Å². The molecule has 7 heteroatoms. The zero-order valence-corrected chi connectivity index (χ0v) is 11.1. The van der Waals surface area contributed by atoms with Gasteiger partial charge >= 0.3 is 0 Å². The number of halogens is 2. The summed E-state index contributed by atoms with van der Waals surface area (Å²) in [6.07, 6.45) is 0. The minimum atomic E-state index is -0.740. The Kier molecular flexibility index (Phi) is 2.83. The first-order valence-corrected chi connectivity index (χ1v) is 6.12. The van der Waals surface area contributed by atoms with Crippen molar-refractivity contribution < 1.29 is 18.5 Å². The lowest BCUT2D eigenvalue weighted by Gasteiger charge is -2.14. The van der Waals surface area contributed by atoms with Gasteiger partial charge < -0.3 is 4.52 Å². The number of benzene rings is 1.